The molecule has 2 rings (SSSR count). The van der Waals surface area contributed by atoms with Crippen molar-refractivity contribution < 1.29 is 4.79 Å². The van der Waals surface area contributed by atoms with Gasteiger partial charge < -0.3 is 9.80 Å². The van der Waals surface area contributed by atoms with E-state index in [1.54, 1.807) is 0 Å². The molecule has 0 bridgehead atoms. The van der Waals surface area contributed by atoms with Gasteiger partial charge in [-0.3, -0.25) is 4.79 Å². The summed E-state index contributed by atoms with van der Waals surface area (Å²) in [5.41, 5.74) is 0.472. The van der Waals surface area contributed by atoms with Crippen LogP contribution in [0.4, 0.5) is 0 Å². The summed E-state index contributed by atoms with van der Waals surface area (Å²) >= 11 is 0. The summed E-state index contributed by atoms with van der Waals surface area (Å²) in [6.45, 7) is 6.30. The molecule has 0 atom stereocenters. The largest absolute Gasteiger partial charge is 0.342 e. The lowest BCUT2D eigenvalue weighted by molar-refractivity contribution is -0.130. The van der Waals surface area contributed by atoms with Gasteiger partial charge in [-0.25, -0.2) is 0 Å². The molecule has 0 aliphatic carbocycles. The smallest absolute Gasteiger partial charge is 0.222 e. The van der Waals surface area contributed by atoms with Gasteiger partial charge in [0.15, 0.2) is 0 Å². The topological polar surface area (TPSA) is 23.6 Å². The molecule has 2 aliphatic rings. The highest BCUT2D eigenvalue weighted by molar-refractivity contribution is 5.76. The number of hydrogen-bond acceptors (Lipinski definition) is 2. The van der Waals surface area contributed by atoms with Gasteiger partial charge >= 0.3 is 0 Å². The molecule has 2 saturated heterocycles. The number of nitrogens with zero attached hydrogens (tertiary/aromatic N) is 2. The standard InChI is InChI=1S/C10H18N2O/c1-3-9(13)12-5-4-10(8-12)6-11(2)7-10/h3-8H2,1-2H3. The number of carbonyl (C=O) groups excluding carboxylic acids is 1. The van der Waals surface area contributed by atoms with Crippen LogP contribution in [-0.4, -0.2) is 48.9 Å². The van der Waals surface area contributed by atoms with E-state index in [4.69, 9.17) is 0 Å². The summed E-state index contributed by atoms with van der Waals surface area (Å²) in [5, 5.41) is 0. The highest BCUT2D eigenvalue weighted by atomic mass is 16.2. The fraction of sp³-hybridized carbons (Fsp3) is 0.900. The van der Waals surface area contributed by atoms with E-state index in [2.05, 4.69) is 11.9 Å². The van der Waals surface area contributed by atoms with Crippen LogP contribution in [0.25, 0.3) is 0 Å². The molecule has 74 valence electrons. The summed E-state index contributed by atoms with van der Waals surface area (Å²) in [5.74, 6) is 0.325. The number of rotatable bonds is 1. The van der Waals surface area contributed by atoms with Gasteiger partial charge in [-0.1, -0.05) is 6.92 Å². The van der Waals surface area contributed by atoms with E-state index in [0.29, 0.717) is 17.7 Å². The number of hydrogen-bond donors (Lipinski definition) is 0. The lowest BCUT2D eigenvalue weighted by Crippen LogP contribution is -2.55. The molecule has 2 heterocycles. The quantitative estimate of drug-likeness (QED) is 0.591. The van der Waals surface area contributed by atoms with Crippen molar-refractivity contribution in [3.05, 3.63) is 0 Å². The van der Waals surface area contributed by atoms with Gasteiger partial charge in [-0.05, 0) is 13.5 Å². The van der Waals surface area contributed by atoms with Crippen LogP contribution < -0.4 is 0 Å². The summed E-state index contributed by atoms with van der Waals surface area (Å²) in [4.78, 5) is 15.8. The third kappa shape index (κ3) is 1.46. The first-order chi connectivity index (χ1) is 6.15. The lowest BCUT2D eigenvalue weighted by Gasteiger charge is -2.46. The van der Waals surface area contributed by atoms with Gasteiger partial charge in [0.2, 0.25) is 5.91 Å². The van der Waals surface area contributed by atoms with Gasteiger partial charge in [-0.2, -0.15) is 0 Å². The van der Waals surface area contributed by atoms with Crippen LogP contribution in [0, 0.1) is 5.41 Å². The Balaban J connectivity index is 1.91. The van der Waals surface area contributed by atoms with Crippen molar-refractivity contribution in [2.75, 3.05) is 33.2 Å². The minimum absolute atomic E-state index is 0.325. The Morgan fingerprint density at radius 2 is 2.08 bits per heavy atom. The van der Waals surface area contributed by atoms with Crippen LogP contribution in [-0.2, 0) is 4.79 Å². The van der Waals surface area contributed by atoms with Crippen molar-refractivity contribution in [1.29, 1.82) is 0 Å². The number of carbonyl (C=O) groups is 1. The summed E-state index contributed by atoms with van der Waals surface area (Å²) in [6.07, 6.45) is 1.87. The molecule has 13 heavy (non-hydrogen) atoms. The molecule has 1 amide bonds. The molecule has 0 N–H and O–H groups in total. The molecule has 0 saturated carbocycles. The first-order valence-electron chi connectivity index (χ1n) is 5.11. The van der Waals surface area contributed by atoms with Gasteiger partial charge in [0, 0.05) is 38.0 Å². The first-order valence-corrected chi connectivity index (χ1v) is 5.11. The van der Waals surface area contributed by atoms with E-state index in [1.165, 1.54) is 19.5 Å². The Hall–Kier alpha value is -0.570. The molecule has 2 fully saturated rings. The van der Waals surface area contributed by atoms with Crippen molar-refractivity contribution in [2.45, 2.75) is 19.8 Å². The van der Waals surface area contributed by atoms with Crippen molar-refractivity contribution in [3.63, 3.8) is 0 Å². The molecule has 1 spiro atoms. The second-order valence-electron chi connectivity index (χ2n) is 4.59. The second kappa shape index (κ2) is 2.98. The van der Waals surface area contributed by atoms with E-state index in [-0.39, 0.29) is 0 Å². The zero-order valence-corrected chi connectivity index (χ0v) is 8.55. The molecule has 0 aromatic heterocycles. The van der Waals surface area contributed by atoms with E-state index in [0.717, 1.165) is 13.1 Å². The lowest BCUT2D eigenvalue weighted by atomic mass is 9.79. The molecular formula is C10H18N2O. The molecule has 0 aromatic carbocycles. The maximum absolute atomic E-state index is 11.4. The monoisotopic (exact) mass is 182 g/mol. The van der Waals surface area contributed by atoms with Gasteiger partial charge in [0.25, 0.3) is 0 Å². The average Bonchev–Trinajstić information content (AvgIpc) is 2.47. The van der Waals surface area contributed by atoms with Gasteiger partial charge in [0.1, 0.15) is 0 Å². The van der Waals surface area contributed by atoms with Crippen molar-refractivity contribution in [1.82, 2.24) is 9.80 Å². The maximum Gasteiger partial charge on any atom is 0.222 e. The van der Waals surface area contributed by atoms with Crippen LogP contribution in [0.2, 0.25) is 0 Å². The Bertz CT molecular complexity index is 221. The Morgan fingerprint density at radius 3 is 2.62 bits per heavy atom. The maximum atomic E-state index is 11.4. The molecule has 0 aromatic rings. The highest BCUT2D eigenvalue weighted by Gasteiger charge is 2.46. The fourth-order valence-corrected chi connectivity index (χ4v) is 2.73. The molecule has 3 nitrogen and oxygen atoms in total. The van der Waals surface area contributed by atoms with Crippen LogP contribution in [0.3, 0.4) is 0 Å². The number of likely N-dealkylation sites (tertiary alicyclic amines) is 2. The zero-order valence-electron chi connectivity index (χ0n) is 8.55. The summed E-state index contributed by atoms with van der Waals surface area (Å²) < 4.78 is 0. The molecule has 0 radical (unpaired) electrons. The highest BCUT2D eigenvalue weighted by Crippen LogP contribution is 2.38. The van der Waals surface area contributed by atoms with Gasteiger partial charge in [0.05, 0.1) is 0 Å². The van der Waals surface area contributed by atoms with Crippen LogP contribution in [0.1, 0.15) is 19.8 Å². The molecule has 0 unspecified atom stereocenters. The van der Waals surface area contributed by atoms with Crippen LogP contribution >= 0.6 is 0 Å². The third-order valence-corrected chi connectivity index (χ3v) is 3.30. The molecule has 2 aliphatic heterocycles. The number of amides is 1. The fourth-order valence-electron chi connectivity index (χ4n) is 2.73. The summed E-state index contributed by atoms with van der Waals surface area (Å²) in [7, 11) is 2.15. The minimum Gasteiger partial charge on any atom is -0.342 e. The SMILES string of the molecule is CCC(=O)N1CCC2(CN(C)C2)C1. The average molecular weight is 182 g/mol. The van der Waals surface area contributed by atoms with E-state index < -0.39 is 0 Å². The Kier molecular flexibility index (Phi) is 2.06. The second-order valence-corrected chi connectivity index (χ2v) is 4.59. The Morgan fingerprint density at radius 1 is 1.38 bits per heavy atom. The van der Waals surface area contributed by atoms with E-state index in [9.17, 15) is 4.79 Å². The predicted molar refractivity (Wildman–Crippen MR) is 51.4 cm³/mol. The van der Waals surface area contributed by atoms with Crippen molar-refractivity contribution in [2.24, 2.45) is 5.41 Å². The summed E-state index contributed by atoms with van der Waals surface area (Å²) in [6, 6.07) is 0. The van der Waals surface area contributed by atoms with E-state index in [1.807, 2.05) is 11.8 Å². The van der Waals surface area contributed by atoms with Crippen molar-refractivity contribution in [3.8, 4) is 0 Å². The first kappa shape index (κ1) is 9.00. The van der Waals surface area contributed by atoms with E-state index >= 15 is 0 Å². The molecular weight excluding hydrogens is 164 g/mol. The Labute approximate surface area is 79.7 Å². The molecule has 3 heteroatoms. The third-order valence-electron chi connectivity index (χ3n) is 3.30. The van der Waals surface area contributed by atoms with Crippen LogP contribution in [0.5, 0.6) is 0 Å². The van der Waals surface area contributed by atoms with Gasteiger partial charge in [-0.15, -0.1) is 0 Å². The normalized spacial score (nSPS) is 26.5. The van der Waals surface area contributed by atoms with Crippen molar-refractivity contribution >= 4 is 5.91 Å². The zero-order chi connectivity index (χ0) is 9.47. The minimum atomic E-state index is 0.325. The van der Waals surface area contributed by atoms with Crippen LogP contribution in [0.15, 0.2) is 0 Å². The predicted octanol–water partition coefficient (Wildman–Crippen LogP) is 0.560.